The molecule has 0 spiro atoms. The Kier molecular flexibility index (Phi) is 3.57. The van der Waals surface area contributed by atoms with E-state index in [0.717, 1.165) is 0 Å². The fraction of sp³-hybridized carbons (Fsp3) is 0.583. The number of anilines is 1. The zero-order valence-electron chi connectivity index (χ0n) is 13.0. The third kappa shape index (κ3) is 3.14. The van der Waals surface area contributed by atoms with E-state index in [9.17, 15) is 9.59 Å². The lowest BCUT2D eigenvalue weighted by Gasteiger charge is -2.17. The first-order valence-electron chi connectivity index (χ1n) is 7.25. The van der Waals surface area contributed by atoms with Crippen molar-refractivity contribution in [1.29, 1.82) is 0 Å². The molecule has 1 fully saturated rings. The Morgan fingerprint density at radius 2 is 2.70 bits per heavy atom. The zero-order valence-corrected chi connectivity index (χ0v) is 11.0. The number of nitrogens with zero attached hydrogens (tertiary/aromatic N) is 2. The number of aromatic nitrogens is 2. The molecule has 4 atom stereocenters. The molecule has 1 aromatic heterocycles. The van der Waals surface area contributed by atoms with Crippen molar-refractivity contribution < 1.29 is 17.0 Å². The summed E-state index contributed by atoms with van der Waals surface area (Å²) in [6.45, 7) is 1.34. The van der Waals surface area contributed by atoms with Crippen LogP contribution in [0.15, 0.2) is 17.1 Å². The molecule has 8 nitrogen and oxygen atoms in total. The molecule has 0 radical (unpaired) electrons. The van der Waals surface area contributed by atoms with Crippen molar-refractivity contribution in [3.05, 3.63) is 22.7 Å². The zero-order chi connectivity index (χ0) is 16.3. The molecule has 2 unspecified atom stereocenters. The van der Waals surface area contributed by atoms with E-state index in [-0.39, 0.29) is 24.4 Å². The van der Waals surface area contributed by atoms with Gasteiger partial charge in [-0.3, -0.25) is 9.36 Å². The van der Waals surface area contributed by atoms with Crippen molar-refractivity contribution in [3.8, 4) is 0 Å². The minimum absolute atomic E-state index is 0.0315. The fourth-order valence-electron chi connectivity index (χ4n) is 2.21. The average Bonchev–Trinajstić information content (AvgIpc) is 2.78. The second-order valence-corrected chi connectivity index (χ2v) is 4.55. The van der Waals surface area contributed by atoms with Gasteiger partial charge in [-0.25, -0.2) is 4.79 Å². The molecule has 3 N–H and O–H groups in total. The van der Waals surface area contributed by atoms with Gasteiger partial charge in [0, 0.05) is 26.6 Å². The Bertz CT molecular complexity index is 595. The van der Waals surface area contributed by atoms with Gasteiger partial charge in [-0.1, -0.05) is 0 Å². The van der Waals surface area contributed by atoms with E-state index in [1.807, 2.05) is 0 Å². The van der Waals surface area contributed by atoms with Gasteiger partial charge < -0.3 is 20.5 Å². The van der Waals surface area contributed by atoms with Gasteiger partial charge >= 0.3 is 5.69 Å². The predicted molar refractivity (Wildman–Crippen MR) is 70.9 cm³/mol. The third-order valence-corrected chi connectivity index (χ3v) is 3.05. The van der Waals surface area contributed by atoms with Crippen LogP contribution >= 0.6 is 0 Å². The van der Waals surface area contributed by atoms with Gasteiger partial charge in [0.2, 0.25) is 5.91 Å². The molecule has 20 heavy (non-hydrogen) atoms. The summed E-state index contributed by atoms with van der Waals surface area (Å²) in [5.74, 6) is -0.126. The molecule has 1 saturated heterocycles. The molecular formula is C12H18N4O4. The lowest BCUT2D eigenvalue weighted by Crippen LogP contribution is -2.41. The number of nitrogens with one attached hydrogen (secondary N) is 1. The number of hydrogen-bond donors (Lipinski definition) is 2. The standard InChI is InChI=1S/C12H18N4O4/c1-7(17)14-8-5-11(20-9(8)6-19-2)16-4-3-10(13)15-12(16)18/h3-4,8-9,11H,5-6H2,1-2H3,(H,14,17)(H2,13,15,18)/t8?,9-,11-/m1/s1/i2TD/t2?,8?,9-,11-. The van der Waals surface area contributed by atoms with Crippen LogP contribution in [-0.2, 0) is 14.3 Å². The molecule has 2 rings (SSSR count). The van der Waals surface area contributed by atoms with E-state index in [2.05, 4.69) is 10.3 Å². The number of rotatable bonds is 4. The maximum atomic E-state index is 11.8. The summed E-state index contributed by atoms with van der Waals surface area (Å²) < 4.78 is 26.0. The molecular weight excluding hydrogens is 264 g/mol. The summed E-state index contributed by atoms with van der Waals surface area (Å²) in [7, 11) is -1.44. The van der Waals surface area contributed by atoms with Crippen molar-refractivity contribution in [2.24, 2.45) is 0 Å². The van der Waals surface area contributed by atoms with Crippen LogP contribution in [-0.4, -0.2) is 41.3 Å². The van der Waals surface area contributed by atoms with Crippen LogP contribution < -0.4 is 16.7 Å². The molecule has 1 aliphatic heterocycles. The minimum Gasteiger partial charge on any atom is -0.383 e. The van der Waals surface area contributed by atoms with Crippen LogP contribution in [0.4, 0.5) is 5.82 Å². The molecule has 1 aromatic rings. The molecule has 1 aliphatic rings. The highest BCUT2D eigenvalue weighted by molar-refractivity contribution is 5.73. The van der Waals surface area contributed by atoms with Crippen LogP contribution in [0.25, 0.3) is 0 Å². The first-order chi connectivity index (χ1) is 10.4. The Morgan fingerprint density at radius 1 is 1.90 bits per heavy atom. The molecule has 0 saturated carbocycles. The number of methoxy groups -OCH3 is 1. The van der Waals surface area contributed by atoms with E-state index in [1.54, 1.807) is 0 Å². The van der Waals surface area contributed by atoms with Crippen molar-refractivity contribution in [3.63, 3.8) is 0 Å². The minimum atomic E-state index is -1.44. The summed E-state index contributed by atoms with van der Waals surface area (Å²) in [4.78, 5) is 26.7. The Hall–Kier alpha value is -1.93. The van der Waals surface area contributed by atoms with Gasteiger partial charge in [-0.05, 0) is 6.07 Å². The van der Waals surface area contributed by atoms with Crippen molar-refractivity contribution in [2.75, 3.05) is 19.4 Å². The predicted octanol–water partition coefficient (Wildman–Crippen LogP) is -0.736. The van der Waals surface area contributed by atoms with Crippen LogP contribution in [0.2, 0.25) is 0 Å². The summed E-state index contributed by atoms with van der Waals surface area (Å²) in [6.07, 6.45) is 0.638. The molecule has 8 heteroatoms. The van der Waals surface area contributed by atoms with Gasteiger partial charge in [0.05, 0.1) is 15.4 Å². The number of hydrogen-bond acceptors (Lipinski definition) is 6. The van der Waals surface area contributed by atoms with Crippen molar-refractivity contribution >= 4 is 11.7 Å². The van der Waals surface area contributed by atoms with Gasteiger partial charge in [-0.2, -0.15) is 4.98 Å². The fourth-order valence-corrected chi connectivity index (χ4v) is 2.21. The monoisotopic (exact) mass is 285 g/mol. The smallest absolute Gasteiger partial charge is 0.351 e. The highest BCUT2D eigenvalue weighted by Gasteiger charge is 2.37. The number of carbonyl (C=O) groups excluding carboxylic acids is 1. The van der Waals surface area contributed by atoms with Crippen LogP contribution in [0.5, 0.6) is 0 Å². The van der Waals surface area contributed by atoms with Crippen LogP contribution in [0.3, 0.4) is 0 Å². The summed E-state index contributed by atoms with van der Waals surface area (Å²) in [5.41, 5.74) is 4.89. The third-order valence-electron chi connectivity index (χ3n) is 3.05. The quantitative estimate of drug-likeness (QED) is 0.754. The van der Waals surface area contributed by atoms with Gasteiger partial charge in [0.25, 0.3) is 0 Å². The highest BCUT2D eigenvalue weighted by Crippen LogP contribution is 2.27. The van der Waals surface area contributed by atoms with E-state index in [0.29, 0.717) is 6.42 Å². The van der Waals surface area contributed by atoms with Gasteiger partial charge in [0.15, 0.2) is 0 Å². The van der Waals surface area contributed by atoms with Gasteiger partial charge in [-0.15, -0.1) is 0 Å². The maximum Gasteiger partial charge on any atom is 0.351 e. The van der Waals surface area contributed by atoms with E-state index in [4.69, 9.17) is 17.9 Å². The second kappa shape index (κ2) is 6.02. The van der Waals surface area contributed by atoms with Crippen LogP contribution in [0.1, 0.15) is 22.3 Å². The molecule has 0 aliphatic carbocycles. The lowest BCUT2D eigenvalue weighted by atomic mass is 10.1. The molecule has 0 aromatic carbocycles. The average molecular weight is 285 g/mol. The Balaban J connectivity index is 2.14. The van der Waals surface area contributed by atoms with Crippen LogP contribution in [0, 0.1) is 0 Å². The maximum absolute atomic E-state index is 11.8. The number of carbonyl (C=O) groups is 1. The topological polar surface area (TPSA) is 108 Å². The number of amides is 1. The molecule has 110 valence electrons. The van der Waals surface area contributed by atoms with Gasteiger partial charge in [0.1, 0.15) is 18.1 Å². The number of nitrogens with two attached hydrogens (primary N) is 1. The van der Waals surface area contributed by atoms with Crippen molar-refractivity contribution in [1.82, 2.24) is 14.9 Å². The SMILES string of the molecule is [2H]C([3H])OC[C@H]1O[C@@H](n2ccc(N)nc2=O)CC1NC(C)=O. The molecule has 2 heterocycles. The van der Waals surface area contributed by atoms with E-state index < -0.39 is 25.1 Å². The van der Waals surface area contributed by atoms with Crippen molar-refractivity contribution in [2.45, 2.75) is 31.7 Å². The van der Waals surface area contributed by atoms with E-state index in [1.165, 1.54) is 23.8 Å². The normalized spacial score (nSPS) is 28.6. The number of nitrogen functional groups attached to an aromatic ring is 1. The highest BCUT2D eigenvalue weighted by atomic mass is 16.5. The first-order valence-corrected chi connectivity index (χ1v) is 6.10. The molecule has 0 bridgehead atoms. The van der Waals surface area contributed by atoms with E-state index >= 15 is 0 Å². The summed E-state index contributed by atoms with van der Waals surface area (Å²) in [5, 5.41) is 2.72. The number of ether oxygens (including phenoxy) is 2. The second-order valence-electron chi connectivity index (χ2n) is 4.55. The first kappa shape index (κ1) is 11.9. The largest absolute Gasteiger partial charge is 0.383 e. The molecule has 1 amide bonds. The Labute approximate surface area is 118 Å². The lowest BCUT2D eigenvalue weighted by molar-refractivity contribution is -0.120. The Morgan fingerprint density at radius 3 is 3.35 bits per heavy atom. The summed E-state index contributed by atoms with van der Waals surface area (Å²) in [6, 6.07) is 1.09. The summed E-state index contributed by atoms with van der Waals surface area (Å²) >= 11 is 0.